The Labute approximate surface area is 129 Å². The molecule has 1 aromatic rings. The highest BCUT2D eigenvalue weighted by Crippen LogP contribution is 2.40. The van der Waals surface area contributed by atoms with Crippen molar-refractivity contribution >= 4 is 39.1 Å². The van der Waals surface area contributed by atoms with Crippen molar-refractivity contribution in [3.8, 4) is 0 Å². The topological polar surface area (TPSA) is 72.2 Å². The SMILES string of the molecule is CSC1(CNS(=O)(=O)c2cc(N)ccc2Cl)CCCC1. The van der Waals surface area contributed by atoms with E-state index in [2.05, 4.69) is 4.72 Å². The molecule has 1 aromatic carbocycles. The summed E-state index contributed by atoms with van der Waals surface area (Å²) in [6.45, 7) is 0.432. The Hall–Kier alpha value is -0.430. The third-order valence-corrected chi connectivity index (χ3v) is 7.08. The zero-order valence-corrected chi connectivity index (χ0v) is 13.7. The molecule has 0 heterocycles. The van der Waals surface area contributed by atoms with E-state index in [1.54, 1.807) is 17.8 Å². The van der Waals surface area contributed by atoms with Crippen LogP contribution in [-0.4, -0.2) is 26.0 Å². The molecule has 3 N–H and O–H groups in total. The molecule has 0 radical (unpaired) electrons. The minimum Gasteiger partial charge on any atom is -0.399 e. The normalized spacial score (nSPS) is 18.3. The predicted molar refractivity (Wildman–Crippen MR) is 85.8 cm³/mol. The number of thioether (sulfide) groups is 1. The predicted octanol–water partition coefficient (Wildman–Crippen LogP) is 2.88. The van der Waals surface area contributed by atoms with E-state index in [4.69, 9.17) is 17.3 Å². The van der Waals surface area contributed by atoms with Gasteiger partial charge < -0.3 is 5.73 Å². The van der Waals surface area contributed by atoms with Gasteiger partial charge in [0, 0.05) is 17.0 Å². The Bertz CT molecular complexity index is 584. The largest absolute Gasteiger partial charge is 0.399 e. The fourth-order valence-corrected chi connectivity index (χ4v) is 5.17. The molecule has 0 bridgehead atoms. The van der Waals surface area contributed by atoms with E-state index in [0.29, 0.717) is 12.2 Å². The Kier molecular flexibility index (Phi) is 4.89. The van der Waals surface area contributed by atoms with Crippen LogP contribution >= 0.6 is 23.4 Å². The summed E-state index contributed by atoms with van der Waals surface area (Å²) in [6, 6.07) is 4.48. The number of nitrogen functional groups attached to an aromatic ring is 1. The van der Waals surface area contributed by atoms with E-state index in [-0.39, 0.29) is 14.7 Å². The molecule has 0 spiro atoms. The van der Waals surface area contributed by atoms with Crippen molar-refractivity contribution in [1.82, 2.24) is 4.72 Å². The van der Waals surface area contributed by atoms with Crippen LogP contribution in [0.25, 0.3) is 0 Å². The van der Waals surface area contributed by atoms with E-state index >= 15 is 0 Å². The number of anilines is 1. The van der Waals surface area contributed by atoms with Gasteiger partial charge in [-0.05, 0) is 37.3 Å². The summed E-state index contributed by atoms with van der Waals surface area (Å²) >= 11 is 7.70. The van der Waals surface area contributed by atoms with E-state index in [0.717, 1.165) is 25.7 Å². The first kappa shape index (κ1) is 15.9. The first-order valence-electron chi connectivity index (χ1n) is 6.48. The second-order valence-electron chi connectivity index (χ2n) is 5.11. The van der Waals surface area contributed by atoms with Gasteiger partial charge in [0.25, 0.3) is 0 Å². The first-order valence-corrected chi connectivity index (χ1v) is 9.57. The molecule has 0 aromatic heterocycles. The van der Waals surface area contributed by atoms with Gasteiger partial charge in [0.1, 0.15) is 4.90 Å². The Morgan fingerprint density at radius 3 is 2.65 bits per heavy atom. The molecule has 1 fully saturated rings. The molecule has 20 heavy (non-hydrogen) atoms. The fourth-order valence-electron chi connectivity index (χ4n) is 2.50. The highest BCUT2D eigenvalue weighted by molar-refractivity contribution is 8.00. The maximum absolute atomic E-state index is 12.4. The summed E-state index contributed by atoms with van der Waals surface area (Å²) in [7, 11) is -3.62. The lowest BCUT2D eigenvalue weighted by atomic mass is 10.1. The maximum atomic E-state index is 12.4. The van der Waals surface area contributed by atoms with Crippen molar-refractivity contribution in [1.29, 1.82) is 0 Å². The fraction of sp³-hybridized carbons (Fsp3) is 0.538. The number of sulfonamides is 1. The van der Waals surface area contributed by atoms with E-state index in [1.807, 2.05) is 6.26 Å². The Morgan fingerprint density at radius 1 is 1.40 bits per heavy atom. The highest BCUT2D eigenvalue weighted by atomic mass is 35.5. The van der Waals surface area contributed by atoms with Gasteiger partial charge in [-0.2, -0.15) is 11.8 Å². The molecule has 0 atom stereocenters. The van der Waals surface area contributed by atoms with Gasteiger partial charge in [0.15, 0.2) is 0 Å². The number of rotatable bonds is 5. The monoisotopic (exact) mass is 334 g/mol. The van der Waals surface area contributed by atoms with Gasteiger partial charge in [-0.15, -0.1) is 0 Å². The average molecular weight is 335 g/mol. The third kappa shape index (κ3) is 3.42. The van der Waals surface area contributed by atoms with Crippen LogP contribution in [0.3, 0.4) is 0 Å². The van der Waals surface area contributed by atoms with Gasteiger partial charge in [-0.1, -0.05) is 24.4 Å². The lowest BCUT2D eigenvalue weighted by Gasteiger charge is -2.26. The molecule has 7 heteroatoms. The van der Waals surface area contributed by atoms with Crippen molar-refractivity contribution in [2.75, 3.05) is 18.5 Å². The summed E-state index contributed by atoms with van der Waals surface area (Å²) in [4.78, 5) is 0.0495. The van der Waals surface area contributed by atoms with Gasteiger partial charge in [-0.3, -0.25) is 0 Å². The highest BCUT2D eigenvalue weighted by Gasteiger charge is 2.34. The van der Waals surface area contributed by atoms with Crippen LogP contribution in [0, 0.1) is 0 Å². The lowest BCUT2D eigenvalue weighted by molar-refractivity contribution is 0.551. The summed E-state index contributed by atoms with van der Waals surface area (Å²) in [5, 5.41) is 0.191. The molecule has 0 aliphatic heterocycles. The van der Waals surface area contributed by atoms with Crippen molar-refractivity contribution in [2.24, 2.45) is 0 Å². The van der Waals surface area contributed by atoms with Crippen LogP contribution in [-0.2, 0) is 10.0 Å². The van der Waals surface area contributed by atoms with Gasteiger partial charge in [0.2, 0.25) is 10.0 Å². The zero-order valence-electron chi connectivity index (χ0n) is 11.4. The summed E-state index contributed by atoms with van der Waals surface area (Å²) in [5.74, 6) is 0. The quantitative estimate of drug-likeness (QED) is 0.812. The van der Waals surface area contributed by atoms with Crippen LogP contribution in [0.2, 0.25) is 5.02 Å². The van der Waals surface area contributed by atoms with Crippen molar-refractivity contribution < 1.29 is 8.42 Å². The second kappa shape index (κ2) is 6.13. The van der Waals surface area contributed by atoms with Gasteiger partial charge in [-0.25, -0.2) is 13.1 Å². The van der Waals surface area contributed by atoms with Crippen LogP contribution in [0.5, 0.6) is 0 Å². The molecular formula is C13H19ClN2O2S2. The van der Waals surface area contributed by atoms with Gasteiger partial charge >= 0.3 is 0 Å². The molecule has 0 unspecified atom stereocenters. The summed E-state index contributed by atoms with van der Waals surface area (Å²) in [6.07, 6.45) is 6.43. The van der Waals surface area contributed by atoms with Crippen molar-refractivity contribution in [3.63, 3.8) is 0 Å². The number of nitrogens with one attached hydrogen (secondary N) is 1. The zero-order chi connectivity index (χ0) is 14.8. The lowest BCUT2D eigenvalue weighted by Crippen LogP contribution is -2.38. The van der Waals surface area contributed by atoms with E-state index < -0.39 is 10.0 Å². The molecule has 1 aliphatic rings. The summed E-state index contributed by atoms with van der Waals surface area (Å²) in [5.41, 5.74) is 6.02. The van der Waals surface area contributed by atoms with Crippen molar-refractivity contribution in [3.05, 3.63) is 23.2 Å². The number of halogens is 1. The molecule has 0 saturated heterocycles. The van der Waals surface area contributed by atoms with Crippen LogP contribution in [0.4, 0.5) is 5.69 Å². The molecular weight excluding hydrogens is 316 g/mol. The van der Waals surface area contributed by atoms with Crippen LogP contribution in [0.15, 0.2) is 23.1 Å². The van der Waals surface area contributed by atoms with Crippen LogP contribution in [0.1, 0.15) is 25.7 Å². The average Bonchev–Trinajstić information content (AvgIpc) is 2.89. The molecule has 4 nitrogen and oxygen atoms in total. The minimum absolute atomic E-state index is 0.0138. The molecule has 0 amide bonds. The minimum atomic E-state index is -3.62. The van der Waals surface area contributed by atoms with E-state index in [1.165, 1.54) is 12.1 Å². The number of hydrogen-bond acceptors (Lipinski definition) is 4. The maximum Gasteiger partial charge on any atom is 0.242 e. The Morgan fingerprint density at radius 2 is 2.05 bits per heavy atom. The summed E-state index contributed by atoms with van der Waals surface area (Å²) < 4.78 is 27.4. The smallest absolute Gasteiger partial charge is 0.242 e. The first-order chi connectivity index (χ1) is 9.38. The number of hydrogen-bond donors (Lipinski definition) is 2. The standard InChI is InChI=1S/C13H19ClN2O2S2/c1-19-13(6-2-3-7-13)9-16-20(17,18)12-8-10(15)4-5-11(12)14/h4-5,8,16H,2-3,6-7,9,15H2,1H3. The van der Waals surface area contributed by atoms with Crippen molar-refractivity contribution in [2.45, 2.75) is 35.3 Å². The van der Waals surface area contributed by atoms with E-state index in [9.17, 15) is 8.42 Å². The molecule has 2 rings (SSSR count). The molecule has 112 valence electrons. The number of benzene rings is 1. The Balaban J connectivity index is 2.17. The third-order valence-electron chi connectivity index (χ3n) is 3.78. The second-order valence-corrected chi connectivity index (χ2v) is 8.53. The number of nitrogens with two attached hydrogens (primary N) is 1. The van der Waals surface area contributed by atoms with Gasteiger partial charge in [0.05, 0.1) is 5.02 Å². The molecule has 1 saturated carbocycles. The molecule has 1 aliphatic carbocycles. The van der Waals surface area contributed by atoms with Crippen LogP contribution < -0.4 is 10.5 Å².